The molecular formula is C16H23NO3. The second-order valence-corrected chi connectivity index (χ2v) is 6.44. The molecule has 0 bridgehead atoms. The number of Topliss-reactive ketones (excluding diaryl/α,β-unsaturated/α-hetero) is 1. The number of hydrogen-bond donors (Lipinski definition) is 1. The largest absolute Gasteiger partial charge is 0.463 e. The first-order valence-corrected chi connectivity index (χ1v) is 7.18. The third-order valence-corrected chi connectivity index (χ3v) is 4.02. The van der Waals surface area contributed by atoms with E-state index >= 15 is 0 Å². The average Bonchev–Trinajstić information content (AvgIpc) is 2.25. The van der Waals surface area contributed by atoms with Gasteiger partial charge in [0.1, 0.15) is 0 Å². The Labute approximate surface area is 120 Å². The molecule has 0 radical (unpaired) electrons. The van der Waals surface area contributed by atoms with Crippen molar-refractivity contribution in [2.24, 2.45) is 11.3 Å². The second kappa shape index (κ2) is 5.08. The first kappa shape index (κ1) is 14.8. The normalized spacial score (nSPS) is 25.2. The Morgan fingerprint density at radius 1 is 1.40 bits per heavy atom. The van der Waals surface area contributed by atoms with Crippen LogP contribution >= 0.6 is 0 Å². The molecule has 4 nitrogen and oxygen atoms in total. The van der Waals surface area contributed by atoms with Crippen molar-refractivity contribution in [3.05, 3.63) is 22.5 Å². The summed E-state index contributed by atoms with van der Waals surface area (Å²) in [5.74, 6) is -0.367. The summed E-state index contributed by atoms with van der Waals surface area (Å²) in [4.78, 5) is 24.5. The van der Waals surface area contributed by atoms with E-state index in [4.69, 9.17) is 4.74 Å². The Morgan fingerprint density at radius 3 is 2.65 bits per heavy atom. The molecule has 1 N–H and O–H groups in total. The molecule has 20 heavy (non-hydrogen) atoms. The third-order valence-electron chi connectivity index (χ3n) is 4.02. The number of rotatable bonds is 2. The van der Waals surface area contributed by atoms with Crippen LogP contribution in [0.15, 0.2) is 22.5 Å². The van der Waals surface area contributed by atoms with Crippen molar-refractivity contribution in [3.8, 4) is 0 Å². The lowest BCUT2D eigenvalue weighted by Gasteiger charge is -2.38. The van der Waals surface area contributed by atoms with E-state index < -0.39 is 0 Å². The van der Waals surface area contributed by atoms with E-state index in [0.717, 1.165) is 23.4 Å². The summed E-state index contributed by atoms with van der Waals surface area (Å²) < 4.78 is 5.11. The van der Waals surface area contributed by atoms with E-state index in [9.17, 15) is 9.59 Å². The van der Waals surface area contributed by atoms with Crippen molar-refractivity contribution in [1.29, 1.82) is 0 Å². The molecule has 0 saturated heterocycles. The lowest BCUT2D eigenvalue weighted by atomic mass is 9.70. The van der Waals surface area contributed by atoms with Gasteiger partial charge in [-0.1, -0.05) is 20.8 Å². The molecule has 110 valence electrons. The average molecular weight is 277 g/mol. The molecule has 0 aromatic heterocycles. The molecule has 0 aromatic rings. The SMILES string of the molecule is CCOC(=O)C1=C(C)NC2=C(C(=O)CC(C)(C)C2)C1C. The van der Waals surface area contributed by atoms with Crippen LogP contribution in [-0.2, 0) is 14.3 Å². The van der Waals surface area contributed by atoms with Gasteiger partial charge in [0.25, 0.3) is 0 Å². The molecule has 0 saturated carbocycles. The number of dihydropyridines is 1. The molecule has 1 aliphatic heterocycles. The van der Waals surface area contributed by atoms with Gasteiger partial charge < -0.3 is 10.1 Å². The van der Waals surface area contributed by atoms with Crippen LogP contribution in [-0.4, -0.2) is 18.4 Å². The zero-order valence-electron chi connectivity index (χ0n) is 12.9. The number of allylic oxidation sites excluding steroid dienone is 3. The highest BCUT2D eigenvalue weighted by Crippen LogP contribution is 2.42. The van der Waals surface area contributed by atoms with Crippen LogP contribution in [0.25, 0.3) is 0 Å². The first-order valence-electron chi connectivity index (χ1n) is 7.18. The molecule has 0 amide bonds. The zero-order valence-corrected chi connectivity index (χ0v) is 12.9. The van der Waals surface area contributed by atoms with E-state index in [0.29, 0.717) is 18.6 Å². The molecule has 0 spiro atoms. The summed E-state index contributed by atoms with van der Waals surface area (Å²) in [6.07, 6.45) is 1.37. The van der Waals surface area contributed by atoms with E-state index in [2.05, 4.69) is 19.2 Å². The Hall–Kier alpha value is -1.58. The fourth-order valence-corrected chi connectivity index (χ4v) is 3.25. The first-order chi connectivity index (χ1) is 9.26. The van der Waals surface area contributed by atoms with Gasteiger partial charge in [-0.15, -0.1) is 0 Å². The van der Waals surface area contributed by atoms with Crippen molar-refractivity contribution < 1.29 is 14.3 Å². The maximum absolute atomic E-state index is 12.4. The van der Waals surface area contributed by atoms with Crippen LogP contribution in [0.1, 0.15) is 47.5 Å². The summed E-state index contributed by atoms with van der Waals surface area (Å²) in [5, 5.41) is 3.26. The Balaban J connectivity index is 2.37. The number of esters is 1. The van der Waals surface area contributed by atoms with Crippen LogP contribution in [0.5, 0.6) is 0 Å². The minimum atomic E-state index is -0.325. The van der Waals surface area contributed by atoms with Gasteiger partial charge in [0.05, 0.1) is 12.2 Å². The topological polar surface area (TPSA) is 55.4 Å². The lowest BCUT2D eigenvalue weighted by molar-refractivity contribution is -0.139. The van der Waals surface area contributed by atoms with Gasteiger partial charge in [0, 0.05) is 29.3 Å². The zero-order chi connectivity index (χ0) is 15.1. The van der Waals surface area contributed by atoms with Gasteiger partial charge >= 0.3 is 5.97 Å². The van der Waals surface area contributed by atoms with E-state index in [1.54, 1.807) is 6.92 Å². The fourth-order valence-electron chi connectivity index (χ4n) is 3.25. The number of ketones is 1. The Kier molecular flexibility index (Phi) is 3.76. The number of carbonyl (C=O) groups is 2. The Bertz CT molecular complexity index is 526. The molecule has 1 heterocycles. The van der Waals surface area contributed by atoms with Gasteiger partial charge in [-0.2, -0.15) is 0 Å². The molecule has 1 unspecified atom stereocenters. The smallest absolute Gasteiger partial charge is 0.336 e. The minimum Gasteiger partial charge on any atom is -0.463 e. The lowest BCUT2D eigenvalue weighted by Crippen LogP contribution is -2.38. The minimum absolute atomic E-state index is 0.0235. The monoisotopic (exact) mass is 277 g/mol. The third kappa shape index (κ3) is 2.51. The predicted octanol–water partition coefficient (Wildman–Crippen LogP) is 2.71. The van der Waals surface area contributed by atoms with Crippen molar-refractivity contribution >= 4 is 11.8 Å². The van der Waals surface area contributed by atoms with Crippen LogP contribution in [0.4, 0.5) is 0 Å². The molecule has 2 aliphatic rings. The highest BCUT2D eigenvalue weighted by molar-refractivity contribution is 6.02. The molecule has 4 heteroatoms. The molecule has 0 aromatic carbocycles. The summed E-state index contributed by atoms with van der Waals surface area (Å²) in [7, 11) is 0. The number of ether oxygens (including phenoxy) is 1. The molecular weight excluding hydrogens is 254 g/mol. The van der Waals surface area contributed by atoms with Crippen LogP contribution < -0.4 is 5.32 Å². The van der Waals surface area contributed by atoms with Gasteiger partial charge in [-0.25, -0.2) is 4.79 Å². The van der Waals surface area contributed by atoms with Gasteiger partial charge in [0.15, 0.2) is 5.78 Å². The fraction of sp³-hybridized carbons (Fsp3) is 0.625. The predicted molar refractivity (Wildman–Crippen MR) is 76.7 cm³/mol. The standard InChI is InChI=1S/C16H23NO3/c1-6-20-15(19)13-9(2)14-11(17-10(13)3)7-16(4,5)8-12(14)18/h9,17H,6-8H2,1-5H3. The summed E-state index contributed by atoms with van der Waals surface area (Å²) in [5.41, 5.74) is 3.10. The van der Waals surface area contributed by atoms with Crippen LogP contribution in [0.3, 0.4) is 0 Å². The highest BCUT2D eigenvalue weighted by Gasteiger charge is 2.40. The molecule has 0 fully saturated rings. The molecule has 1 atom stereocenters. The second-order valence-electron chi connectivity index (χ2n) is 6.44. The van der Waals surface area contributed by atoms with Crippen molar-refractivity contribution in [2.75, 3.05) is 6.61 Å². The van der Waals surface area contributed by atoms with Gasteiger partial charge in [0.2, 0.25) is 0 Å². The summed E-state index contributed by atoms with van der Waals surface area (Å²) in [6.45, 7) is 10.1. The number of carbonyl (C=O) groups excluding carboxylic acids is 2. The quantitative estimate of drug-likeness (QED) is 0.788. The van der Waals surface area contributed by atoms with Gasteiger partial charge in [-0.05, 0) is 25.7 Å². The van der Waals surface area contributed by atoms with E-state index in [1.165, 1.54) is 0 Å². The Morgan fingerprint density at radius 2 is 2.05 bits per heavy atom. The molecule has 2 rings (SSSR count). The maximum atomic E-state index is 12.4. The summed E-state index contributed by atoms with van der Waals surface area (Å²) in [6, 6.07) is 0. The molecule has 1 aliphatic carbocycles. The van der Waals surface area contributed by atoms with E-state index in [1.807, 2.05) is 13.8 Å². The number of nitrogens with one attached hydrogen (secondary N) is 1. The van der Waals surface area contributed by atoms with Crippen LogP contribution in [0.2, 0.25) is 0 Å². The number of hydrogen-bond acceptors (Lipinski definition) is 4. The summed E-state index contributed by atoms with van der Waals surface area (Å²) >= 11 is 0. The van der Waals surface area contributed by atoms with Crippen molar-refractivity contribution in [3.63, 3.8) is 0 Å². The van der Waals surface area contributed by atoms with Crippen LogP contribution in [0, 0.1) is 11.3 Å². The maximum Gasteiger partial charge on any atom is 0.336 e. The highest BCUT2D eigenvalue weighted by atomic mass is 16.5. The van der Waals surface area contributed by atoms with Gasteiger partial charge in [-0.3, -0.25) is 4.79 Å². The van der Waals surface area contributed by atoms with Crippen molar-refractivity contribution in [2.45, 2.75) is 47.5 Å². The van der Waals surface area contributed by atoms with E-state index in [-0.39, 0.29) is 23.1 Å². The van der Waals surface area contributed by atoms with Crippen molar-refractivity contribution in [1.82, 2.24) is 5.32 Å².